The molecule has 4 rings (SSSR count). The molecule has 0 saturated heterocycles. The maximum absolute atomic E-state index is 10.4. The van der Waals surface area contributed by atoms with Gasteiger partial charge in [0.1, 0.15) is 0 Å². The molecule has 0 fully saturated rings. The quantitative estimate of drug-likeness (QED) is 0.906. The van der Waals surface area contributed by atoms with Crippen molar-refractivity contribution in [3.8, 4) is 0 Å². The van der Waals surface area contributed by atoms with Crippen molar-refractivity contribution < 1.29 is 9.84 Å². The van der Waals surface area contributed by atoms with Crippen LogP contribution in [-0.4, -0.2) is 45.4 Å². The Morgan fingerprint density at radius 1 is 1.32 bits per heavy atom. The third-order valence-corrected chi connectivity index (χ3v) is 5.46. The Labute approximate surface area is 149 Å². The summed E-state index contributed by atoms with van der Waals surface area (Å²) >= 11 is 0. The second-order valence-corrected chi connectivity index (χ2v) is 7.30. The van der Waals surface area contributed by atoms with E-state index in [0.29, 0.717) is 13.2 Å². The van der Waals surface area contributed by atoms with Gasteiger partial charge in [-0.15, -0.1) is 0 Å². The summed E-state index contributed by atoms with van der Waals surface area (Å²) in [4.78, 5) is 6.74. The molecule has 2 atom stereocenters. The summed E-state index contributed by atoms with van der Waals surface area (Å²) in [6.07, 6.45) is 5.89. The highest BCUT2D eigenvalue weighted by Gasteiger charge is 2.24. The summed E-state index contributed by atoms with van der Waals surface area (Å²) in [6.45, 7) is 2.82. The summed E-state index contributed by atoms with van der Waals surface area (Å²) in [5, 5.41) is 10.4. The zero-order valence-electron chi connectivity index (χ0n) is 14.9. The van der Waals surface area contributed by atoms with Gasteiger partial charge in [-0.2, -0.15) is 0 Å². The highest BCUT2D eigenvalue weighted by molar-refractivity contribution is 5.31. The monoisotopic (exact) mass is 341 g/mol. The maximum Gasteiger partial charge on any atom is 0.0949 e. The van der Waals surface area contributed by atoms with Crippen molar-refractivity contribution in [2.24, 2.45) is 7.05 Å². The molecule has 2 aromatic rings. The number of aromatic nitrogens is 2. The lowest BCUT2D eigenvalue weighted by Gasteiger charge is -2.30. The number of imidazole rings is 1. The van der Waals surface area contributed by atoms with Crippen LogP contribution in [0.2, 0.25) is 0 Å². The number of β-amino-alcohol motifs (C(OH)–C–C–N with tert-alkyl or cyclic N) is 1. The van der Waals surface area contributed by atoms with Crippen molar-refractivity contribution in [3.05, 3.63) is 53.1 Å². The van der Waals surface area contributed by atoms with Gasteiger partial charge in [-0.3, -0.25) is 4.90 Å². The second kappa shape index (κ2) is 7.28. The minimum absolute atomic E-state index is 0.128. The number of hydrogen-bond acceptors (Lipinski definition) is 4. The summed E-state index contributed by atoms with van der Waals surface area (Å²) in [5.41, 5.74) is 5.16. The van der Waals surface area contributed by atoms with E-state index in [1.807, 2.05) is 13.4 Å². The smallest absolute Gasteiger partial charge is 0.0949 e. The lowest BCUT2D eigenvalue weighted by Crippen LogP contribution is -2.39. The summed E-state index contributed by atoms with van der Waals surface area (Å²) < 4.78 is 8.19. The van der Waals surface area contributed by atoms with Crippen molar-refractivity contribution in [3.63, 3.8) is 0 Å². The van der Waals surface area contributed by atoms with Crippen molar-refractivity contribution >= 4 is 0 Å². The van der Waals surface area contributed by atoms with Crippen LogP contribution >= 0.6 is 0 Å². The van der Waals surface area contributed by atoms with E-state index >= 15 is 0 Å². The molecule has 0 unspecified atom stereocenters. The fourth-order valence-corrected chi connectivity index (χ4v) is 4.13. The first-order valence-corrected chi connectivity index (χ1v) is 9.29. The van der Waals surface area contributed by atoms with Crippen LogP contribution < -0.4 is 0 Å². The first kappa shape index (κ1) is 16.8. The van der Waals surface area contributed by atoms with Gasteiger partial charge >= 0.3 is 0 Å². The molecule has 1 aromatic carbocycles. The molecule has 0 spiro atoms. The predicted octanol–water partition coefficient (Wildman–Crippen LogP) is 2.23. The van der Waals surface area contributed by atoms with Gasteiger partial charge in [-0.05, 0) is 30.4 Å². The largest absolute Gasteiger partial charge is 0.389 e. The van der Waals surface area contributed by atoms with Crippen molar-refractivity contribution in [2.75, 3.05) is 19.7 Å². The summed E-state index contributed by atoms with van der Waals surface area (Å²) in [6, 6.07) is 8.53. The Hall–Kier alpha value is -1.69. The molecular formula is C20H27N3O2. The van der Waals surface area contributed by atoms with Gasteiger partial charge in [0.05, 0.1) is 30.8 Å². The van der Waals surface area contributed by atoms with E-state index < -0.39 is 6.10 Å². The molecule has 1 aromatic heterocycles. The lowest BCUT2D eigenvalue weighted by atomic mass is 9.89. The molecule has 2 aliphatic rings. The Kier molecular flexibility index (Phi) is 4.88. The van der Waals surface area contributed by atoms with Crippen LogP contribution in [0.1, 0.15) is 41.5 Å². The number of benzene rings is 1. The number of hydrogen-bond donors (Lipinski definition) is 1. The topological polar surface area (TPSA) is 50.5 Å². The first-order valence-electron chi connectivity index (χ1n) is 9.29. The number of aliphatic hydroxyl groups excluding tert-OH is 1. The highest BCUT2D eigenvalue weighted by Crippen LogP contribution is 2.32. The molecule has 1 N–H and O–H groups in total. The Bertz CT molecular complexity index is 727. The molecule has 0 saturated carbocycles. The molecule has 0 radical (unpaired) electrons. The predicted molar refractivity (Wildman–Crippen MR) is 96.3 cm³/mol. The normalized spacial score (nSPS) is 21.6. The average Bonchev–Trinajstić information content (AvgIpc) is 3.00. The number of ether oxygens (including phenoxy) is 1. The van der Waals surface area contributed by atoms with E-state index in [1.165, 1.54) is 16.8 Å². The summed E-state index contributed by atoms with van der Waals surface area (Å²) in [5.74, 6) is 0. The van der Waals surface area contributed by atoms with Crippen LogP contribution in [0.3, 0.4) is 0 Å². The summed E-state index contributed by atoms with van der Waals surface area (Å²) in [7, 11) is 2.05. The van der Waals surface area contributed by atoms with Gasteiger partial charge in [0, 0.05) is 38.8 Å². The molecule has 1 aliphatic carbocycles. The molecule has 25 heavy (non-hydrogen) atoms. The van der Waals surface area contributed by atoms with E-state index in [-0.39, 0.29) is 6.10 Å². The van der Waals surface area contributed by atoms with Crippen LogP contribution in [0.25, 0.3) is 0 Å². The van der Waals surface area contributed by atoms with Gasteiger partial charge in [-0.25, -0.2) is 4.98 Å². The zero-order chi connectivity index (χ0) is 17.2. The van der Waals surface area contributed by atoms with Crippen molar-refractivity contribution in [1.82, 2.24) is 14.5 Å². The van der Waals surface area contributed by atoms with Gasteiger partial charge < -0.3 is 14.4 Å². The number of aryl methyl sites for hydroxylation is 2. The standard InChI is InChI=1S/C20H27N3O2/c1-22-14-21-18-12-23(10-9-19(18)22)11-16(24)13-25-20-8-4-6-15-5-2-3-7-17(15)20/h2-3,5,7,14,16,20,24H,4,6,8-13H2,1H3/t16-,20-/m1/s1. The number of aliphatic hydroxyl groups is 1. The van der Waals surface area contributed by atoms with E-state index in [4.69, 9.17) is 4.74 Å². The molecule has 0 amide bonds. The molecule has 1 aliphatic heterocycles. The second-order valence-electron chi connectivity index (χ2n) is 7.30. The fraction of sp³-hybridized carbons (Fsp3) is 0.550. The molecule has 0 bridgehead atoms. The molecular weight excluding hydrogens is 314 g/mol. The number of rotatable bonds is 5. The molecule has 2 heterocycles. The Balaban J connectivity index is 1.30. The fourth-order valence-electron chi connectivity index (χ4n) is 4.13. The van der Waals surface area contributed by atoms with Gasteiger partial charge in [0.25, 0.3) is 0 Å². The SMILES string of the molecule is Cn1cnc2c1CCN(C[C@@H](O)CO[C@@H]1CCCc3ccccc31)C2. The third-order valence-electron chi connectivity index (χ3n) is 5.46. The van der Waals surface area contributed by atoms with Crippen LogP contribution in [0.5, 0.6) is 0 Å². The third kappa shape index (κ3) is 3.64. The van der Waals surface area contributed by atoms with Crippen molar-refractivity contribution in [1.29, 1.82) is 0 Å². The van der Waals surface area contributed by atoms with Crippen LogP contribution in [0, 0.1) is 0 Å². The van der Waals surface area contributed by atoms with E-state index in [1.54, 1.807) is 0 Å². The van der Waals surface area contributed by atoms with E-state index in [2.05, 4.69) is 38.7 Å². The molecule has 5 nitrogen and oxygen atoms in total. The van der Waals surface area contributed by atoms with Crippen LogP contribution in [0.15, 0.2) is 30.6 Å². The van der Waals surface area contributed by atoms with E-state index in [9.17, 15) is 5.11 Å². The van der Waals surface area contributed by atoms with E-state index in [0.717, 1.165) is 44.5 Å². The Morgan fingerprint density at radius 3 is 3.12 bits per heavy atom. The first-order chi connectivity index (χ1) is 12.2. The van der Waals surface area contributed by atoms with Gasteiger partial charge in [0.15, 0.2) is 0 Å². The maximum atomic E-state index is 10.4. The number of nitrogens with zero attached hydrogens (tertiary/aromatic N) is 3. The molecule has 134 valence electrons. The van der Waals surface area contributed by atoms with Crippen molar-refractivity contribution in [2.45, 2.75) is 44.4 Å². The highest BCUT2D eigenvalue weighted by atomic mass is 16.5. The minimum Gasteiger partial charge on any atom is -0.389 e. The van der Waals surface area contributed by atoms with Gasteiger partial charge in [-0.1, -0.05) is 24.3 Å². The lowest BCUT2D eigenvalue weighted by molar-refractivity contribution is -0.0295. The Morgan fingerprint density at radius 2 is 2.20 bits per heavy atom. The number of fused-ring (bicyclic) bond motifs is 2. The molecule has 5 heteroatoms. The van der Waals surface area contributed by atoms with Crippen LogP contribution in [0.4, 0.5) is 0 Å². The average molecular weight is 341 g/mol. The van der Waals surface area contributed by atoms with Gasteiger partial charge in [0.2, 0.25) is 0 Å². The van der Waals surface area contributed by atoms with Crippen LogP contribution in [-0.2, 0) is 31.2 Å². The zero-order valence-corrected chi connectivity index (χ0v) is 14.9. The minimum atomic E-state index is -0.459.